The van der Waals surface area contributed by atoms with E-state index in [2.05, 4.69) is 9.72 Å². The molecule has 0 saturated heterocycles. The van der Waals surface area contributed by atoms with E-state index in [1.165, 1.54) is 24.1 Å². The van der Waals surface area contributed by atoms with Crippen LogP contribution in [-0.4, -0.2) is 40.3 Å². The standard InChI is InChI=1S/C16H16ClN3O6/c1-3-6-19(8-14-18-13(9-26-14)16(22)25-2)15(21)11-5-4-10(20(23)24)7-12(11)17/h4-5,7,9H,3,6,8H2,1-2H3. The Bertz CT molecular complexity index is 835. The van der Waals surface area contributed by atoms with Gasteiger partial charge in [-0.1, -0.05) is 18.5 Å². The van der Waals surface area contributed by atoms with Crippen molar-refractivity contribution in [1.82, 2.24) is 9.88 Å². The second-order valence-electron chi connectivity index (χ2n) is 5.27. The van der Waals surface area contributed by atoms with Crippen LogP contribution in [0.25, 0.3) is 0 Å². The van der Waals surface area contributed by atoms with Crippen LogP contribution in [0.15, 0.2) is 28.9 Å². The smallest absolute Gasteiger partial charge is 0.360 e. The number of hydrogen-bond acceptors (Lipinski definition) is 7. The number of esters is 1. The van der Waals surface area contributed by atoms with E-state index in [4.69, 9.17) is 16.0 Å². The Morgan fingerprint density at radius 1 is 1.42 bits per heavy atom. The molecule has 0 aliphatic carbocycles. The summed E-state index contributed by atoms with van der Waals surface area (Å²) in [6, 6.07) is 3.64. The van der Waals surface area contributed by atoms with Crippen LogP contribution < -0.4 is 0 Å². The van der Waals surface area contributed by atoms with Gasteiger partial charge in [0.2, 0.25) is 5.89 Å². The van der Waals surface area contributed by atoms with Gasteiger partial charge in [-0.15, -0.1) is 0 Å². The van der Waals surface area contributed by atoms with Crippen molar-refractivity contribution in [3.05, 3.63) is 56.7 Å². The van der Waals surface area contributed by atoms with E-state index in [9.17, 15) is 19.7 Å². The minimum atomic E-state index is -0.646. The van der Waals surface area contributed by atoms with Crippen molar-refractivity contribution >= 4 is 29.2 Å². The van der Waals surface area contributed by atoms with Crippen molar-refractivity contribution in [2.24, 2.45) is 0 Å². The lowest BCUT2D eigenvalue weighted by Crippen LogP contribution is -2.31. The summed E-state index contributed by atoms with van der Waals surface area (Å²) < 4.78 is 9.75. The molecule has 138 valence electrons. The lowest BCUT2D eigenvalue weighted by atomic mass is 10.1. The lowest BCUT2D eigenvalue weighted by Gasteiger charge is -2.21. The predicted molar refractivity (Wildman–Crippen MR) is 91.0 cm³/mol. The third-order valence-electron chi connectivity index (χ3n) is 3.45. The zero-order chi connectivity index (χ0) is 19.3. The summed E-state index contributed by atoms with van der Waals surface area (Å²) in [5.41, 5.74) is -0.0748. The number of halogens is 1. The number of non-ortho nitro benzene ring substituents is 1. The first-order chi connectivity index (χ1) is 12.4. The molecule has 1 aromatic heterocycles. The average Bonchev–Trinajstić information content (AvgIpc) is 3.08. The molecule has 0 radical (unpaired) electrons. The molecule has 1 aromatic carbocycles. The number of nitro groups is 1. The highest BCUT2D eigenvalue weighted by molar-refractivity contribution is 6.34. The number of nitro benzene ring substituents is 1. The van der Waals surface area contributed by atoms with Crippen LogP contribution in [0.2, 0.25) is 5.02 Å². The number of aromatic nitrogens is 1. The highest BCUT2D eigenvalue weighted by atomic mass is 35.5. The molecule has 9 nitrogen and oxygen atoms in total. The fourth-order valence-electron chi connectivity index (χ4n) is 2.23. The molecule has 0 spiro atoms. The quantitative estimate of drug-likeness (QED) is 0.411. The molecule has 1 amide bonds. The van der Waals surface area contributed by atoms with E-state index in [0.29, 0.717) is 13.0 Å². The Balaban J connectivity index is 2.23. The monoisotopic (exact) mass is 381 g/mol. The Morgan fingerprint density at radius 2 is 2.15 bits per heavy atom. The van der Waals surface area contributed by atoms with Crippen LogP contribution in [0.3, 0.4) is 0 Å². The number of ether oxygens (including phenoxy) is 1. The SMILES string of the molecule is CCCN(Cc1nc(C(=O)OC)co1)C(=O)c1ccc([N+](=O)[O-])cc1Cl. The summed E-state index contributed by atoms with van der Waals surface area (Å²) in [6.07, 6.45) is 1.80. The number of benzene rings is 1. The van der Waals surface area contributed by atoms with Gasteiger partial charge in [-0.2, -0.15) is 0 Å². The normalized spacial score (nSPS) is 10.4. The summed E-state index contributed by atoms with van der Waals surface area (Å²) in [5.74, 6) is -0.915. The fraction of sp³-hybridized carbons (Fsp3) is 0.312. The fourth-order valence-corrected chi connectivity index (χ4v) is 2.48. The average molecular weight is 382 g/mol. The largest absolute Gasteiger partial charge is 0.464 e. The van der Waals surface area contributed by atoms with Crippen LogP contribution in [-0.2, 0) is 11.3 Å². The molecule has 0 bridgehead atoms. The lowest BCUT2D eigenvalue weighted by molar-refractivity contribution is -0.384. The van der Waals surface area contributed by atoms with Crippen molar-refractivity contribution in [3.8, 4) is 0 Å². The van der Waals surface area contributed by atoms with Gasteiger partial charge in [-0.3, -0.25) is 14.9 Å². The van der Waals surface area contributed by atoms with Crippen molar-refractivity contribution in [1.29, 1.82) is 0 Å². The molecule has 0 N–H and O–H groups in total. The zero-order valence-electron chi connectivity index (χ0n) is 14.1. The van der Waals surface area contributed by atoms with E-state index >= 15 is 0 Å². The maximum Gasteiger partial charge on any atom is 0.360 e. The van der Waals surface area contributed by atoms with Crippen LogP contribution in [0.1, 0.15) is 40.1 Å². The topological polar surface area (TPSA) is 116 Å². The molecule has 0 atom stereocenters. The van der Waals surface area contributed by atoms with Gasteiger partial charge in [0.1, 0.15) is 6.26 Å². The summed E-state index contributed by atoms with van der Waals surface area (Å²) >= 11 is 6.03. The number of oxazole rings is 1. The molecule has 0 aliphatic rings. The van der Waals surface area contributed by atoms with Crippen LogP contribution in [0, 0.1) is 10.1 Å². The van der Waals surface area contributed by atoms with Gasteiger partial charge in [0, 0.05) is 18.7 Å². The van der Waals surface area contributed by atoms with Crippen molar-refractivity contribution < 1.29 is 23.7 Å². The van der Waals surface area contributed by atoms with Crippen molar-refractivity contribution in [2.45, 2.75) is 19.9 Å². The molecule has 0 fully saturated rings. The third kappa shape index (κ3) is 4.37. The van der Waals surface area contributed by atoms with E-state index < -0.39 is 16.8 Å². The van der Waals surface area contributed by atoms with E-state index in [-0.39, 0.29) is 34.4 Å². The van der Waals surface area contributed by atoms with E-state index in [1.54, 1.807) is 0 Å². The Morgan fingerprint density at radius 3 is 2.73 bits per heavy atom. The van der Waals surface area contributed by atoms with E-state index in [0.717, 1.165) is 12.3 Å². The Labute approximate surface area is 153 Å². The molecule has 1 heterocycles. The van der Waals surface area contributed by atoms with Crippen LogP contribution >= 0.6 is 11.6 Å². The molecule has 2 rings (SSSR count). The van der Waals surface area contributed by atoms with Gasteiger partial charge in [0.05, 0.1) is 29.2 Å². The Hall–Kier alpha value is -2.94. The first-order valence-corrected chi connectivity index (χ1v) is 8.01. The van der Waals surface area contributed by atoms with Gasteiger partial charge in [0.15, 0.2) is 5.69 Å². The summed E-state index contributed by atoms with van der Waals surface area (Å²) in [6.45, 7) is 2.27. The molecule has 26 heavy (non-hydrogen) atoms. The number of carbonyl (C=O) groups excluding carboxylic acids is 2. The van der Waals surface area contributed by atoms with Crippen LogP contribution in [0.4, 0.5) is 5.69 Å². The highest BCUT2D eigenvalue weighted by Gasteiger charge is 2.22. The molecule has 0 aliphatic heterocycles. The minimum Gasteiger partial charge on any atom is -0.464 e. The minimum absolute atomic E-state index is 0.000217. The van der Waals surface area contributed by atoms with Gasteiger partial charge in [0.25, 0.3) is 11.6 Å². The number of hydrogen-bond donors (Lipinski definition) is 0. The van der Waals surface area contributed by atoms with Gasteiger partial charge >= 0.3 is 5.97 Å². The second kappa shape index (κ2) is 8.43. The number of nitrogens with zero attached hydrogens (tertiary/aromatic N) is 3. The summed E-state index contributed by atoms with van der Waals surface area (Å²) in [4.78, 5) is 39.8. The Kier molecular flexibility index (Phi) is 6.29. The molecule has 2 aromatic rings. The van der Waals surface area contributed by atoms with Crippen molar-refractivity contribution in [3.63, 3.8) is 0 Å². The second-order valence-corrected chi connectivity index (χ2v) is 5.67. The number of carbonyl (C=O) groups is 2. The first kappa shape index (κ1) is 19.4. The molecular formula is C16H16ClN3O6. The highest BCUT2D eigenvalue weighted by Crippen LogP contribution is 2.24. The van der Waals surface area contributed by atoms with Crippen molar-refractivity contribution in [2.75, 3.05) is 13.7 Å². The summed E-state index contributed by atoms with van der Waals surface area (Å²) in [7, 11) is 1.22. The first-order valence-electron chi connectivity index (χ1n) is 7.63. The number of methoxy groups -OCH3 is 1. The predicted octanol–water partition coefficient (Wildman–Crippen LogP) is 3.08. The maximum absolute atomic E-state index is 12.7. The van der Waals surface area contributed by atoms with E-state index in [1.807, 2.05) is 6.92 Å². The zero-order valence-corrected chi connectivity index (χ0v) is 14.9. The maximum atomic E-state index is 12.7. The number of amides is 1. The molecule has 0 saturated carbocycles. The van der Waals surface area contributed by atoms with Gasteiger partial charge < -0.3 is 14.1 Å². The molecule has 10 heteroatoms. The van der Waals surface area contributed by atoms with Gasteiger partial charge in [-0.05, 0) is 12.5 Å². The van der Waals surface area contributed by atoms with Crippen LogP contribution in [0.5, 0.6) is 0 Å². The number of rotatable bonds is 7. The summed E-state index contributed by atoms with van der Waals surface area (Å²) in [5, 5.41) is 10.8. The third-order valence-corrected chi connectivity index (χ3v) is 3.76. The van der Waals surface area contributed by atoms with Gasteiger partial charge in [-0.25, -0.2) is 9.78 Å². The molecular weight excluding hydrogens is 366 g/mol. The molecule has 0 unspecified atom stereocenters.